The smallest absolute Gasteiger partial charge is 0.408 e. The topological polar surface area (TPSA) is 192 Å². The van der Waals surface area contributed by atoms with Crippen LogP contribution in [0.1, 0.15) is 59.0 Å². The van der Waals surface area contributed by atoms with Crippen molar-refractivity contribution in [2.75, 3.05) is 6.61 Å². The number of nitrogens with one attached hydrogen (secondary N) is 1. The molecule has 0 bridgehead atoms. The van der Waals surface area contributed by atoms with Gasteiger partial charge in [-0.05, 0) is 23.2 Å². The Hall–Kier alpha value is -4.18. The van der Waals surface area contributed by atoms with Crippen LogP contribution in [0.5, 0.6) is 0 Å². The van der Waals surface area contributed by atoms with Crippen LogP contribution in [0.15, 0.2) is 40.0 Å². The Kier molecular flexibility index (Phi) is 12.5. The molecule has 0 unspecified atom stereocenters. The number of amides is 1. The first-order valence-corrected chi connectivity index (χ1v) is 14.5. The summed E-state index contributed by atoms with van der Waals surface area (Å²) >= 11 is 0.825. The number of hydrogen-bond donors (Lipinski definition) is 1. The molecule has 1 saturated heterocycles. The zero-order chi connectivity index (χ0) is 32.4. The number of benzene rings is 1. The van der Waals surface area contributed by atoms with E-state index in [1.165, 1.54) is 6.92 Å². The van der Waals surface area contributed by atoms with Crippen LogP contribution in [0.25, 0.3) is 0 Å². The summed E-state index contributed by atoms with van der Waals surface area (Å²) in [6.45, 7) is 7.92. The minimum atomic E-state index is -1.35. The van der Waals surface area contributed by atoms with Crippen molar-refractivity contribution >= 4 is 41.7 Å². The first-order chi connectivity index (χ1) is 20.8. The molecule has 6 atom stereocenters. The van der Waals surface area contributed by atoms with Crippen LogP contribution < -0.4 is 5.32 Å². The van der Waals surface area contributed by atoms with Gasteiger partial charge < -0.3 is 38.2 Å². The molecule has 240 valence electrons. The highest BCUT2D eigenvalue weighted by molar-refractivity contribution is 7.99. The first-order valence-electron chi connectivity index (χ1n) is 13.6. The molecule has 44 heavy (non-hydrogen) atoms. The number of nitrogens with zero attached hydrogens (tertiary/aromatic N) is 2. The molecule has 1 aliphatic heterocycles. The van der Waals surface area contributed by atoms with Crippen LogP contribution in [0.3, 0.4) is 0 Å². The van der Waals surface area contributed by atoms with E-state index in [9.17, 15) is 24.0 Å². The van der Waals surface area contributed by atoms with Gasteiger partial charge in [0.2, 0.25) is 5.89 Å². The number of carbonyl (C=O) groups excluding carboxylic acids is 5. The summed E-state index contributed by atoms with van der Waals surface area (Å²) in [5.41, 5.74) is -0.352. The normalized spacial score (nSPS) is 21.9. The number of carbonyl (C=O) groups is 5. The zero-order valence-electron chi connectivity index (χ0n) is 25.0. The Labute approximate surface area is 257 Å². The van der Waals surface area contributed by atoms with Gasteiger partial charge in [0.25, 0.3) is 5.22 Å². The van der Waals surface area contributed by atoms with E-state index in [-0.39, 0.29) is 30.2 Å². The van der Waals surface area contributed by atoms with Gasteiger partial charge in [-0.1, -0.05) is 44.2 Å². The quantitative estimate of drug-likeness (QED) is 0.264. The van der Waals surface area contributed by atoms with E-state index in [2.05, 4.69) is 15.5 Å². The van der Waals surface area contributed by atoms with Crippen molar-refractivity contribution in [3.8, 4) is 0 Å². The number of hydrogen-bond acceptors (Lipinski definition) is 15. The number of aromatic nitrogens is 2. The number of alkyl carbamates (subject to hydrolysis) is 1. The second kappa shape index (κ2) is 16.0. The van der Waals surface area contributed by atoms with Gasteiger partial charge >= 0.3 is 30.0 Å². The predicted molar refractivity (Wildman–Crippen MR) is 149 cm³/mol. The molecular weight excluding hydrogens is 602 g/mol. The third-order valence-corrected chi connectivity index (χ3v) is 6.98. The Bertz CT molecular complexity index is 1300. The lowest BCUT2D eigenvalue weighted by Crippen LogP contribution is -2.61. The molecule has 1 aromatic carbocycles. The molecule has 16 heteroatoms. The fourth-order valence-corrected chi connectivity index (χ4v) is 5.14. The highest BCUT2D eigenvalue weighted by Gasteiger charge is 2.53. The van der Waals surface area contributed by atoms with Crippen LogP contribution >= 0.6 is 11.8 Å². The third kappa shape index (κ3) is 10.2. The highest BCUT2D eigenvalue weighted by atomic mass is 32.2. The van der Waals surface area contributed by atoms with E-state index in [1.54, 1.807) is 0 Å². The number of ether oxygens (including phenoxy) is 6. The van der Waals surface area contributed by atoms with Crippen molar-refractivity contribution in [2.24, 2.45) is 5.92 Å². The van der Waals surface area contributed by atoms with Crippen molar-refractivity contribution < 1.29 is 56.8 Å². The van der Waals surface area contributed by atoms with Gasteiger partial charge in [0.05, 0.1) is 0 Å². The maximum atomic E-state index is 12.5. The summed E-state index contributed by atoms with van der Waals surface area (Å²) in [6, 6.07) is 8.43. The van der Waals surface area contributed by atoms with Crippen molar-refractivity contribution in [3.63, 3.8) is 0 Å². The lowest BCUT2D eigenvalue weighted by Gasteiger charge is -2.43. The minimum absolute atomic E-state index is 0.0500. The molecule has 0 saturated carbocycles. The molecule has 1 aliphatic rings. The van der Waals surface area contributed by atoms with Gasteiger partial charge in [0.1, 0.15) is 25.4 Å². The lowest BCUT2D eigenvalue weighted by molar-refractivity contribution is -0.237. The maximum absolute atomic E-state index is 12.5. The fraction of sp³-hybridized carbons (Fsp3) is 0.536. The van der Waals surface area contributed by atoms with Gasteiger partial charge in [-0.15, -0.1) is 10.2 Å². The van der Waals surface area contributed by atoms with Crippen LogP contribution in [0.4, 0.5) is 4.79 Å². The minimum Gasteiger partial charge on any atom is -0.463 e. The molecule has 0 aliphatic carbocycles. The molecule has 2 heterocycles. The second-order valence-corrected chi connectivity index (χ2v) is 11.1. The standard InChI is InChI=1S/C28H35N3O12S/c1-14(2)21(29-27(36)38-12-19-10-8-7-9-11-19)25-30-31-28(43-25)44-26-24(41-18(6)35)23(40-17(5)34)22(39-16(4)33)20(42-26)13-37-15(3)32/h7-11,14,20-24,26H,12-13H2,1-6H3,(H,29,36)/t20-,21+,22-,23+,24-,26+/m1/s1. The van der Waals surface area contributed by atoms with Crippen molar-refractivity contribution in [1.29, 1.82) is 0 Å². The summed E-state index contributed by atoms with van der Waals surface area (Å²) in [4.78, 5) is 60.1. The summed E-state index contributed by atoms with van der Waals surface area (Å²) in [6.07, 6.45) is -5.80. The second-order valence-electron chi connectivity index (χ2n) is 10.0. The monoisotopic (exact) mass is 637 g/mol. The Morgan fingerprint density at radius 1 is 0.841 bits per heavy atom. The van der Waals surface area contributed by atoms with Gasteiger partial charge in [0.15, 0.2) is 23.7 Å². The third-order valence-electron chi connectivity index (χ3n) is 6.01. The van der Waals surface area contributed by atoms with Crippen LogP contribution in [-0.4, -0.2) is 76.6 Å². The number of thioether (sulfide) groups is 1. The SMILES string of the molecule is CC(=O)OC[C@H]1O[C@@H](Sc2nnc([C@@H](NC(=O)OCc3ccccc3)C(C)C)o2)[C@H](OC(C)=O)[C@@H](OC(C)=O)[C@@H]1OC(C)=O. The van der Waals surface area contributed by atoms with E-state index in [0.29, 0.717) is 0 Å². The molecule has 1 amide bonds. The molecule has 0 spiro atoms. The molecule has 2 aromatic rings. The average molecular weight is 638 g/mol. The largest absolute Gasteiger partial charge is 0.463 e. The van der Waals surface area contributed by atoms with E-state index in [1.807, 2.05) is 44.2 Å². The molecular formula is C28H35N3O12S. The Balaban J connectivity index is 1.83. The molecule has 1 aromatic heterocycles. The van der Waals surface area contributed by atoms with E-state index >= 15 is 0 Å². The lowest BCUT2D eigenvalue weighted by atomic mass is 9.99. The zero-order valence-corrected chi connectivity index (χ0v) is 25.9. The number of rotatable bonds is 12. The molecule has 3 rings (SSSR count). The maximum Gasteiger partial charge on any atom is 0.408 e. The van der Waals surface area contributed by atoms with Crippen molar-refractivity contribution in [2.45, 2.75) is 89.3 Å². The van der Waals surface area contributed by atoms with Gasteiger partial charge in [-0.25, -0.2) is 4.79 Å². The van der Waals surface area contributed by atoms with Gasteiger partial charge in [-0.2, -0.15) is 0 Å². The van der Waals surface area contributed by atoms with Crippen LogP contribution in [0, 0.1) is 5.92 Å². The summed E-state index contributed by atoms with van der Waals surface area (Å²) in [7, 11) is 0. The van der Waals surface area contributed by atoms with E-state index in [0.717, 1.165) is 38.1 Å². The highest BCUT2D eigenvalue weighted by Crippen LogP contribution is 2.38. The summed E-state index contributed by atoms with van der Waals surface area (Å²) < 4.78 is 38.6. The van der Waals surface area contributed by atoms with Gasteiger partial charge in [-0.3, -0.25) is 19.2 Å². The number of esters is 4. The molecule has 0 radical (unpaired) electrons. The van der Waals surface area contributed by atoms with Gasteiger partial charge in [0, 0.05) is 27.7 Å². The fourth-order valence-electron chi connectivity index (χ4n) is 4.18. The molecule has 1 N–H and O–H groups in total. The molecule has 15 nitrogen and oxygen atoms in total. The van der Waals surface area contributed by atoms with Crippen molar-refractivity contribution in [1.82, 2.24) is 15.5 Å². The van der Waals surface area contributed by atoms with Crippen molar-refractivity contribution in [3.05, 3.63) is 41.8 Å². The van der Waals surface area contributed by atoms with E-state index in [4.69, 9.17) is 32.8 Å². The Morgan fingerprint density at radius 2 is 1.45 bits per heavy atom. The van der Waals surface area contributed by atoms with E-state index < -0.39 is 65.9 Å². The summed E-state index contributed by atoms with van der Waals surface area (Å²) in [5, 5.41) is 10.8. The summed E-state index contributed by atoms with van der Waals surface area (Å²) in [5.74, 6) is -3.01. The first kappa shape index (κ1) is 34.3. The molecule has 1 fully saturated rings. The predicted octanol–water partition coefficient (Wildman–Crippen LogP) is 2.87. The van der Waals surface area contributed by atoms with Crippen LogP contribution in [0.2, 0.25) is 0 Å². The average Bonchev–Trinajstić information content (AvgIpc) is 3.40. The Morgan fingerprint density at radius 3 is 2.05 bits per heavy atom. The van der Waals surface area contributed by atoms with Crippen LogP contribution in [-0.2, 0) is 54.2 Å².